The van der Waals surface area contributed by atoms with Crippen LogP contribution in [0.15, 0.2) is 35.3 Å². The Kier molecular flexibility index (Phi) is 6.43. The highest BCUT2D eigenvalue weighted by Crippen LogP contribution is 2.40. The number of amidine groups is 1. The standard InChI is InChI=1S/C20H18ClF4N3OS/c1-2-19(7-8-30-18(26)28-19)13-9-11(3-5-14(13)22)10-15(29)17-12(20(23,24)25)4-6-16(21)27-17/h3-6,9H,2,7-8,10H2,1H3,(H2,26,28)/t19-/m0/s1. The van der Waals surface area contributed by atoms with Crippen LogP contribution in [-0.4, -0.2) is 21.7 Å². The molecule has 0 unspecified atom stereocenters. The zero-order valence-electron chi connectivity index (χ0n) is 15.9. The molecule has 0 fully saturated rings. The lowest BCUT2D eigenvalue weighted by Crippen LogP contribution is -2.32. The topological polar surface area (TPSA) is 68.3 Å². The summed E-state index contributed by atoms with van der Waals surface area (Å²) < 4.78 is 54.4. The number of nitrogens with zero attached hydrogens (tertiary/aromatic N) is 2. The van der Waals surface area contributed by atoms with Gasteiger partial charge >= 0.3 is 6.18 Å². The highest BCUT2D eigenvalue weighted by atomic mass is 35.5. The SMILES string of the molecule is CC[C@@]1(c2cc(CC(=O)c3nc(Cl)ccc3C(F)(F)F)ccc2F)CCSC(N)=N1. The van der Waals surface area contributed by atoms with Crippen LogP contribution < -0.4 is 5.73 Å². The number of hydrogen-bond donors (Lipinski definition) is 1. The molecule has 0 aliphatic carbocycles. The number of Topliss-reactive ketones (excluding diaryl/α,β-unsaturated/α-hetero) is 1. The molecule has 0 amide bonds. The number of benzene rings is 1. The van der Waals surface area contributed by atoms with E-state index in [4.69, 9.17) is 17.3 Å². The number of aromatic nitrogens is 1. The molecule has 1 aromatic heterocycles. The van der Waals surface area contributed by atoms with Gasteiger partial charge in [-0.05, 0) is 42.7 Å². The minimum atomic E-state index is -4.76. The molecule has 3 rings (SSSR count). The summed E-state index contributed by atoms with van der Waals surface area (Å²) in [6.07, 6.45) is -4.11. The van der Waals surface area contributed by atoms with E-state index in [9.17, 15) is 22.4 Å². The van der Waals surface area contributed by atoms with E-state index >= 15 is 0 Å². The van der Waals surface area contributed by atoms with Crippen LogP contribution in [0.4, 0.5) is 17.6 Å². The number of alkyl halides is 3. The van der Waals surface area contributed by atoms with Gasteiger partial charge in [-0.15, -0.1) is 0 Å². The summed E-state index contributed by atoms with van der Waals surface area (Å²) in [5, 5.41) is 0.127. The Morgan fingerprint density at radius 2 is 2.03 bits per heavy atom. The molecule has 160 valence electrons. The number of ketones is 1. The number of rotatable bonds is 5. The quantitative estimate of drug-likeness (QED) is 0.370. The third-order valence-corrected chi connectivity index (χ3v) is 6.01. The van der Waals surface area contributed by atoms with Gasteiger partial charge in [0.1, 0.15) is 16.7 Å². The Balaban J connectivity index is 1.98. The molecule has 0 saturated heterocycles. The fraction of sp³-hybridized carbons (Fsp3) is 0.350. The van der Waals surface area contributed by atoms with Crippen LogP contribution in [0.5, 0.6) is 0 Å². The number of carbonyl (C=O) groups excluding carboxylic acids is 1. The zero-order valence-corrected chi connectivity index (χ0v) is 17.5. The normalized spacial score (nSPS) is 19.5. The number of pyridine rings is 1. The van der Waals surface area contributed by atoms with Gasteiger partial charge in [-0.2, -0.15) is 13.2 Å². The van der Waals surface area contributed by atoms with Crippen LogP contribution in [0.1, 0.15) is 46.9 Å². The van der Waals surface area contributed by atoms with E-state index in [-0.39, 0.29) is 10.7 Å². The monoisotopic (exact) mass is 459 g/mol. The van der Waals surface area contributed by atoms with Gasteiger partial charge in [-0.25, -0.2) is 9.37 Å². The van der Waals surface area contributed by atoms with Gasteiger partial charge in [0.2, 0.25) is 0 Å². The molecule has 10 heteroatoms. The molecule has 4 nitrogen and oxygen atoms in total. The second-order valence-corrected chi connectivity index (χ2v) is 8.38. The lowest BCUT2D eigenvalue weighted by atomic mass is 9.83. The van der Waals surface area contributed by atoms with Crippen molar-refractivity contribution in [1.29, 1.82) is 0 Å². The number of carbonyl (C=O) groups is 1. The second kappa shape index (κ2) is 8.55. The predicted molar refractivity (Wildman–Crippen MR) is 109 cm³/mol. The molecule has 1 aliphatic rings. The van der Waals surface area contributed by atoms with Gasteiger partial charge in [-0.3, -0.25) is 9.79 Å². The first-order valence-electron chi connectivity index (χ1n) is 9.09. The zero-order chi connectivity index (χ0) is 22.1. The Morgan fingerprint density at radius 1 is 1.30 bits per heavy atom. The summed E-state index contributed by atoms with van der Waals surface area (Å²) in [4.78, 5) is 20.7. The summed E-state index contributed by atoms with van der Waals surface area (Å²) >= 11 is 7.08. The van der Waals surface area contributed by atoms with Crippen LogP contribution >= 0.6 is 23.4 Å². The first-order valence-corrected chi connectivity index (χ1v) is 10.5. The van der Waals surface area contributed by atoms with Crippen molar-refractivity contribution in [3.63, 3.8) is 0 Å². The Morgan fingerprint density at radius 3 is 2.67 bits per heavy atom. The first-order chi connectivity index (χ1) is 14.1. The van der Waals surface area contributed by atoms with Crippen molar-refractivity contribution in [3.8, 4) is 0 Å². The molecule has 0 saturated carbocycles. The van der Waals surface area contributed by atoms with Crippen molar-refractivity contribution in [2.75, 3.05) is 5.75 Å². The summed E-state index contributed by atoms with van der Waals surface area (Å²) in [7, 11) is 0. The van der Waals surface area contributed by atoms with Crippen molar-refractivity contribution in [2.24, 2.45) is 10.7 Å². The highest BCUT2D eigenvalue weighted by Gasteiger charge is 2.37. The van der Waals surface area contributed by atoms with Crippen LogP contribution in [0.25, 0.3) is 0 Å². The Labute approximate surface area is 179 Å². The molecule has 1 atom stereocenters. The summed E-state index contributed by atoms with van der Waals surface area (Å²) in [6.45, 7) is 1.86. The average molecular weight is 460 g/mol. The van der Waals surface area contributed by atoms with Crippen molar-refractivity contribution in [3.05, 3.63) is 63.7 Å². The smallest absolute Gasteiger partial charge is 0.379 e. The van der Waals surface area contributed by atoms with Gasteiger partial charge in [0, 0.05) is 17.7 Å². The van der Waals surface area contributed by atoms with E-state index in [2.05, 4.69) is 9.98 Å². The number of hydrogen-bond acceptors (Lipinski definition) is 5. The number of thioether (sulfide) groups is 1. The van der Waals surface area contributed by atoms with Crippen LogP contribution in [-0.2, 0) is 18.1 Å². The highest BCUT2D eigenvalue weighted by molar-refractivity contribution is 8.13. The molecule has 1 aliphatic heterocycles. The molecule has 0 spiro atoms. The summed E-state index contributed by atoms with van der Waals surface area (Å²) in [6, 6.07) is 5.73. The molecule has 1 aromatic carbocycles. The molecule has 2 N–H and O–H groups in total. The largest absolute Gasteiger partial charge is 0.418 e. The third-order valence-electron chi connectivity index (χ3n) is 5.00. The average Bonchev–Trinajstić information content (AvgIpc) is 2.68. The van der Waals surface area contributed by atoms with Gasteiger partial charge in [0.15, 0.2) is 11.0 Å². The predicted octanol–water partition coefficient (Wildman–Crippen LogP) is 5.38. The summed E-state index contributed by atoms with van der Waals surface area (Å²) in [5.41, 5.74) is 3.68. The second-order valence-electron chi connectivity index (χ2n) is 6.88. The fourth-order valence-corrected chi connectivity index (χ4v) is 4.49. The maximum atomic E-state index is 14.7. The van der Waals surface area contributed by atoms with E-state index < -0.39 is 41.0 Å². The summed E-state index contributed by atoms with van der Waals surface area (Å²) in [5.74, 6) is -0.712. The maximum Gasteiger partial charge on any atom is 0.418 e. The first kappa shape index (κ1) is 22.6. The lowest BCUT2D eigenvalue weighted by Gasteiger charge is -2.33. The Hall–Kier alpha value is -2.13. The van der Waals surface area contributed by atoms with Gasteiger partial charge < -0.3 is 5.73 Å². The van der Waals surface area contributed by atoms with Crippen molar-refractivity contribution < 1.29 is 22.4 Å². The number of aliphatic imine (C=N–C) groups is 1. The Bertz CT molecular complexity index is 1010. The molecule has 30 heavy (non-hydrogen) atoms. The van der Waals surface area contributed by atoms with E-state index in [1.807, 2.05) is 6.92 Å². The van der Waals surface area contributed by atoms with E-state index in [0.717, 1.165) is 12.1 Å². The van der Waals surface area contributed by atoms with E-state index in [1.165, 1.54) is 30.0 Å². The van der Waals surface area contributed by atoms with Crippen LogP contribution in [0.3, 0.4) is 0 Å². The lowest BCUT2D eigenvalue weighted by molar-refractivity contribution is -0.138. The third kappa shape index (κ3) is 4.62. The van der Waals surface area contributed by atoms with Crippen molar-refractivity contribution >= 4 is 34.3 Å². The molecule has 2 aromatic rings. The molecule has 0 radical (unpaired) electrons. The van der Waals surface area contributed by atoms with Crippen LogP contribution in [0, 0.1) is 5.82 Å². The molecular weight excluding hydrogens is 442 g/mol. The minimum absolute atomic E-state index is 0.222. The van der Waals surface area contributed by atoms with Gasteiger partial charge in [0.05, 0.1) is 11.1 Å². The van der Waals surface area contributed by atoms with Gasteiger partial charge in [0.25, 0.3) is 0 Å². The molecular formula is C20H18ClF4N3OS. The van der Waals surface area contributed by atoms with E-state index in [1.54, 1.807) is 0 Å². The van der Waals surface area contributed by atoms with Crippen molar-refractivity contribution in [1.82, 2.24) is 4.98 Å². The molecule has 0 bridgehead atoms. The molecule has 2 heterocycles. The van der Waals surface area contributed by atoms with Crippen molar-refractivity contribution in [2.45, 2.75) is 37.9 Å². The maximum absolute atomic E-state index is 14.7. The van der Waals surface area contributed by atoms with E-state index in [0.29, 0.717) is 29.3 Å². The van der Waals surface area contributed by atoms with Gasteiger partial charge in [-0.1, -0.05) is 36.4 Å². The minimum Gasteiger partial charge on any atom is -0.379 e. The number of halogens is 5. The number of nitrogens with two attached hydrogens (primary N) is 1. The fourth-order valence-electron chi connectivity index (χ4n) is 3.45. The van der Waals surface area contributed by atoms with Crippen LogP contribution in [0.2, 0.25) is 5.15 Å².